The molecule has 0 N–H and O–H groups in total. The summed E-state index contributed by atoms with van der Waals surface area (Å²) in [5.74, 6) is 0.753. The van der Waals surface area contributed by atoms with Gasteiger partial charge in [-0.15, -0.1) is 0 Å². The molecule has 2 atom stereocenters. The van der Waals surface area contributed by atoms with Crippen LogP contribution in [0.15, 0.2) is 42.6 Å². The zero-order valence-corrected chi connectivity index (χ0v) is 34.1. The Bertz CT molecular complexity index is 2090. The van der Waals surface area contributed by atoms with E-state index in [-0.39, 0.29) is 29.7 Å². The monoisotopic (exact) mass is 791 g/mol. The van der Waals surface area contributed by atoms with Crippen LogP contribution in [0.1, 0.15) is 88.1 Å². The molecule has 1 unspecified atom stereocenters. The predicted molar refractivity (Wildman–Crippen MR) is 213 cm³/mol. The normalized spacial score (nSPS) is 22.9. The predicted octanol–water partition coefficient (Wildman–Crippen LogP) is 8.15. The van der Waals surface area contributed by atoms with E-state index in [2.05, 4.69) is 23.4 Å². The number of hydrogen-bond donors (Lipinski definition) is 0. The van der Waals surface area contributed by atoms with E-state index in [1.807, 2.05) is 72.9 Å². The van der Waals surface area contributed by atoms with E-state index in [4.69, 9.17) is 47.6 Å². The molecule has 5 heterocycles. The first-order valence-electron chi connectivity index (χ1n) is 19.4. The molecule has 1 spiro atoms. The fourth-order valence-electron chi connectivity index (χ4n) is 9.25. The van der Waals surface area contributed by atoms with Gasteiger partial charge in [-0.1, -0.05) is 41.4 Å². The second-order valence-electron chi connectivity index (χ2n) is 17.2. The van der Waals surface area contributed by atoms with E-state index < -0.39 is 11.1 Å². The highest BCUT2D eigenvalue weighted by Crippen LogP contribution is 2.56. The van der Waals surface area contributed by atoms with E-state index in [0.29, 0.717) is 61.5 Å². The fourth-order valence-corrected chi connectivity index (χ4v) is 9.70. The maximum absolute atomic E-state index is 13.8. The highest BCUT2D eigenvalue weighted by atomic mass is 35.5. The first kappa shape index (κ1) is 38.1. The van der Waals surface area contributed by atoms with Crippen LogP contribution in [0.4, 0.5) is 10.6 Å². The number of piperazine rings is 1. The molecule has 1 aliphatic carbocycles. The summed E-state index contributed by atoms with van der Waals surface area (Å²) in [7, 11) is 1.69. The summed E-state index contributed by atoms with van der Waals surface area (Å²) in [4.78, 5) is 32.6. The maximum Gasteiger partial charge on any atom is 0.410 e. The van der Waals surface area contributed by atoms with Crippen LogP contribution in [0.5, 0.6) is 0 Å². The van der Waals surface area contributed by atoms with Gasteiger partial charge in [-0.25, -0.2) is 9.48 Å². The molecule has 3 aliphatic heterocycles. The van der Waals surface area contributed by atoms with E-state index in [1.165, 1.54) is 0 Å². The molecule has 14 heteroatoms. The Labute approximate surface area is 332 Å². The van der Waals surface area contributed by atoms with Crippen LogP contribution in [0.25, 0.3) is 22.0 Å². The Morgan fingerprint density at radius 2 is 1.75 bits per heavy atom. The van der Waals surface area contributed by atoms with Gasteiger partial charge in [0.05, 0.1) is 39.9 Å². The number of fused-ring (bicyclic) bond motifs is 1. The molecule has 12 nitrogen and oxygen atoms in total. The summed E-state index contributed by atoms with van der Waals surface area (Å²) >= 11 is 14.3. The molecule has 294 valence electrons. The smallest absolute Gasteiger partial charge is 0.410 e. The summed E-state index contributed by atoms with van der Waals surface area (Å²) < 4.78 is 21.8. The third-order valence-electron chi connectivity index (χ3n) is 11.8. The molecular formula is C41H51Cl2N7O5. The lowest BCUT2D eigenvalue weighted by molar-refractivity contribution is -0.0930. The van der Waals surface area contributed by atoms with Gasteiger partial charge in [-0.2, -0.15) is 10.2 Å². The third-order valence-corrected chi connectivity index (χ3v) is 12.6. The number of carbonyl (C=O) groups excluding carboxylic acids is 2. The summed E-state index contributed by atoms with van der Waals surface area (Å²) in [5, 5.41) is 12.1. The number of amides is 2. The molecule has 2 amide bonds. The van der Waals surface area contributed by atoms with Gasteiger partial charge in [-0.3, -0.25) is 9.48 Å². The van der Waals surface area contributed by atoms with Crippen molar-refractivity contribution in [2.24, 2.45) is 5.41 Å². The summed E-state index contributed by atoms with van der Waals surface area (Å²) in [6.45, 7) is 13.8. The number of methoxy groups -OCH3 is 1. The molecule has 55 heavy (non-hydrogen) atoms. The molecule has 8 rings (SSSR count). The Morgan fingerprint density at radius 3 is 2.42 bits per heavy atom. The van der Waals surface area contributed by atoms with Crippen molar-refractivity contribution in [3.63, 3.8) is 0 Å². The topological polar surface area (TPSA) is 107 Å². The lowest BCUT2D eigenvalue weighted by Crippen LogP contribution is -2.64. The van der Waals surface area contributed by atoms with Crippen LogP contribution in [0.3, 0.4) is 0 Å². The maximum atomic E-state index is 13.8. The number of aromatic nitrogens is 4. The van der Waals surface area contributed by atoms with Crippen molar-refractivity contribution >= 4 is 51.9 Å². The van der Waals surface area contributed by atoms with E-state index in [0.717, 1.165) is 65.6 Å². The first-order valence-corrected chi connectivity index (χ1v) is 20.1. The van der Waals surface area contributed by atoms with Crippen molar-refractivity contribution in [1.29, 1.82) is 0 Å². The second kappa shape index (κ2) is 14.3. The van der Waals surface area contributed by atoms with Crippen LogP contribution >= 0.6 is 23.2 Å². The second-order valence-corrected chi connectivity index (χ2v) is 18.0. The summed E-state index contributed by atoms with van der Waals surface area (Å²) in [6, 6.07) is 11.4. The number of benzene rings is 2. The first-order chi connectivity index (χ1) is 26.2. The molecule has 4 fully saturated rings. The number of anilines is 1. The van der Waals surface area contributed by atoms with Crippen LogP contribution in [-0.2, 0) is 14.2 Å². The van der Waals surface area contributed by atoms with Gasteiger partial charge < -0.3 is 28.9 Å². The van der Waals surface area contributed by atoms with Gasteiger partial charge in [0.2, 0.25) is 0 Å². The number of ether oxygens (including phenoxy) is 3. The van der Waals surface area contributed by atoms with Crippen molar-refractivity contribution in [3.05, 3.63) is 63.9 Å². The van der Waals surface area contributed by atoms with Gasteiger partial charge in [0.1, 0.15) is 5.60 Å². The molecule has 0 radical (unpaired) electrons. The molecule has 2 aromatic carbocycles. The van der Waals surface area contributed by atoms with Crippen LogP contribution in [-0.4, -0.2) is 106 Å². The minimum absolute atomic E-state index is 0.0119. The average Bonchev–Trinajstić information content (AvgIpc) is 3.68. The quantitative estimate of drug-likeness (QED) is 0.185. The SMILES string of the molecule is COC[C@@]1(C)CN(C(=O)c2ccccc2)CCN1c1nn(C2CC3(C2)CN(C(=O)OC(C)(C)C)C3)c(C)c1-c1c(Cl)c(Cl)cc2c1cnn2C1CCCCO1. The third kappa shape index (κ3) is 6.87. The number of halogens is 2. The molecule has 4 aliphatic rings. The molecule has 0 bridgehead atoms. The summed E-state index contributed by atoms with van der Waals surface area (Å²) in [6.07, 6.45) is 6.15. The van der Waals surface area contributed by atoms with Gasteiger partial charge in [0.15, 0.2) is 12.0 Å². The Morgan fingerprint density at radius 1 is 1.00 bits per heavy atom. The highest BCUT2D eigenvalue weighted by Gasteiger charge is 2.56. The van der Waals surface area contributed by atoms with E-state index >= 15 is 0 Å². The highest BCUT2D eigenvalue weighted by molar-refractivity contribution is 6.45. The lowest BCUT2D eigenvalue weighted by Gasteiger charge is -2.58. The van der Waals surface area contributed by atoms with Crippen molar-refractivity contribution in [3.8, 4) is 11.1 Å². The molecule has 1 saturated carbocycles. The van der Waals surface area contributed by atoms with Crippen molar-refractivity contribution in [1.82, 2.24) is 29.4 Å². The zero-order chi connectivity index (χ0) is 38.9. The van der Waals surface area contributed by atoms with Crippen LogP contribution in [0.2, 0.25) is 10.0 Å². The number of hydrogen-bond acceptors (Lipinski definition) is 8. The Hall–Kier alpha value is -3.84. The molecule has 4 aromatic rings. The molecule has 2 aromatic heterocycles. The summed E-state index contributed by atoms with van der Waals surface area (Å²) in [5.41, 5.74) is 3.01. The van der Waals surface area contributed by atoms with Gasteiger partial charge >= 0.3 is 6.09 Å². The molecular weight excluding hydrogens is 741 g/mol. The minimum atomic E-state index is -0.634. The van der Waals surface area contributed by atoms with Gasteiger partial charge in [-0.05, 0) is 84.9 Å². The largest absolute Gasteiger partial charge is 0.444 e. The number of likely N-dealkylation sites (tertiary alicyclic amines) is 1. The van der Waals surface area contributed by atoms with E-state index in [1.54, 1.807) is 12.0 Å². The standard InChI is InChI=1S/C41H51Cl2N7O5/c1-26-33(34-29-21-44-50(32-14-10-11-17-54-32)31(29)18-30(42)35(34)43)36(45-49(26)28-19-41(20-28)23-47(24-41)38(52)55-39(2,3)4)48-16-15-46(22-40(48,5)25-53-6)37(51)27-12-8-7-9-13-27/h7-9,12-13,18,21,28,32H,10-11,14-17,19-20,22-25H2,1-6H3/t32?,40-/m1/s1. The van der Waals surface area contributed by atoms with Gasteiger partial charge in [0, 0.05) is 79.6 Å². The van der Waals surface area contributed by atoms with E-state index in [9.17, 15) is 9.59 Å². The number of rotatable bonds is 7. The average molecular weight is 793 g/mol. The van der Waals surface area contributed by atoms with Gasteiger partial charge in [0.25, 0.3) is 5.91 Å². The van der Waals surface area contributed by atoms with Crippen molar-refractivity contribution in [2.75, 3.05) is 57.9 Å². The minimum Gasteiger partial charge on any atom is -0.444 e. The molecule has 3 saturated heterocycles. The van der Waals surface area contributed by atoms with Crippen LogP contribution < -0.4 is 4.90 Å². The fraction of sp³-hybridized carbons (Fsp3) is 0.561. The van der Waals surface area contributed by atoms with Crippen molar-refractivity contribution in [2.45, 2.75) is 90.1 Å². The van der Waals surface area contributed by atoms with Crippen LogP contribution in [0, 0.1) is 12.3 Å². The zero-order valence-electron chi connectivity index (χ0n) is 32.6. The number of carbonyl (C=O) groups is 2. The Kier molecular flexibility index (Phi) is 9.87. The number of nitrogens with zero attached hydrogens (tertiary/aromatic N) is 7. The lowest BCUT2D eigenvalue weighted by atomic mass is 9.61. The Balaban J connectivity index is 1.19. The van der Waals surface area contributed by atoms with Crippen molar-refractivity contribution < 1.29 is 23.8 Å².